The first-order valence-electron chi connectivity index (χ1n) is 5.38. The Morgan fingerprint density at radius 2 is 2.06 bits per heavy atom. The van der Waals surface area contributed by atoms with E-state index in [0.717, 1.165) is 18.8 Å². The molecular formula is C10H19N5S. The molecule has 1 rings (SSSR count). The number of nitrogen functional groups attached to an aromatic ring is 1. The van der Waals surface area contributed by atoms with Crippen LogP contribution in [0.1, 0.15) is 19.3 Å². The van der Waals surface area contributed by atoms with Crippen molar-refractivity contribution in [3.8, 4) is 0 Å². The molecule has 0 fully saturated rings. The zero-order valence-electron chi connectivity index (χ0n) is 9.57. The summed E-state index contributed by atoms with van der Waals surface area (Å²) in [4.78, 5) is 8.04. The van der Waals surface area contributed by atoms with Crippen molar-refractivity contribution in [2.75, 3.05) is 29.3 Å². The molecule has 4 N–H and O–H groups in total. The number of hydrogen-bond acceptors (Lipinski definition) is 6. The number of hydrazine groups is 1. The first kappa shape index (κ1) is 13.1. The lowest BCUT2D eigenvalue weighted by molar-refractivity contribution is 0.748. The molecule has 0 atom stereocenters. The van der Waals surface area contributed by atoms with Crippen molar-refractivity contribution in [3.63, 3.8) is 0 Å². The molecule has 0 radical (unpaired) electrons. The smallest absolute Gasteiger partial charge is 0.145 e. The summed E-state index contributed by atoms with van der Waals surface area (Å²) in [6, 6.07) is 1.79. The number of aromatic nitrogens is 2. The third-order valence-electron chi connectivity index (χ3n) is 2.15. The number of nitrogens with one attached hydrogen (secondary N) is 2. The van der Waals surface area contributed by atoms with Gasteiger partial charge in [-0.15, -0.1) is 0 Å². The second kappa shape index (κ2) is 8.18. The zero-order valence-corrected chi connectivity index (χ0v) is 10.4. The van der Waals surface area contributed by atoms with E-state index in [4.69, 9.17) is 5.84 Å². The fourth-order valence-corrected chi connectivity index (χ4v) is 1.79. The van der Waals surface area contributed by atoms with E-state index in [9.17, 15) is 0 Å². The van der Waals surface area contributed by atoms with Gasteiger partial charge in [-0.2, -0.15) is 11.8 Å². The van der Waals surface area contributed by atoms with Gasteiger partial charge < -0.3 is 10.7 Å². The fourth-order valence-electron chi connectivity index (χ4n) is 1.30. The molecule has 0 aliphatic carbocycles. The van der Waals surface area contributed by atoms with E-state index in [0.29, 0.717) is 5.82 Å². The summed E-state index contributed by atoms with van der Waals surface area (Å²) < 4.78 is 0. The van der Waals surface area contributed by atoms with Crippen LogP contribution in [0.2, 0.25) is 0 Å². The van der Waals surface area contributed by atoms with Gasteiger partial charge in [0.25, 0.3) is 0 Å². The Morgan fingerprint density at radius 1 is 1.25 bits per heavy atom. The standard InChI is InChI=1S/C10H19N5S/c1-16-6-4-2-3-5-12-9-7-10(15-11)14-8-13-9/h7-8H,2-6,11H2,1H3,(H2,12,13,14,15). The minimum atomic E-state index is 0.625. The number of nitrogens with zero attached hydrogens (tertiary/aromatic N) is 2. The Hall–Kier alpha value is -1.01. The summed E-state index contributed by atoms with van der Waals surface area (Å²) in [7, 11) is 0. The lowest BCUT2D eigenvalue weighted by Crippen LogP contribution is -2.10. The normalized spacial score (nSPS) is 10.1. The number of unbranched alkanes of at least 4 members (excludes halogenated alkanes) is 2. The number of nitrogens with two attached hydrogens (primary N) is 1. The molecule has 1 aromatic heterocycles. The predicted molar refractivity (Wildman–Crippen MR) is 70.6 cm³/mol. The molecule has 0 saturated heterocycles. The maximum atomic E-state index is 5.26. The number of thioether (sulfide) groups is 1. The van der Waals surface area contributed by atoms with Crippen LogP contribution in [0.5, 0.6) is 0 Å². The first-order valence-corrected chi connectivity index (χ1v) is 6.77. The molecule has 0 amide bonds. The van der Waals surface area contributed by atoms with Gasteiger partial charge in [-0.25, -0.2) is 15.8 Å². The minimum absolute atomic E-state index is 0.625. The van der Waals surface area contributed by atoms with Gasteiger partial charge in [0.1, 0.15) is 18.0 Å². The highest BCUT2D eigenvalue weighted by molar-refractivity contribution is 7.98. The average molecular weight is 241 g/mol. The molecule has 0 saturated carbocycles. The van der Waals surface area contributed by atoms with Gasteiger partial charge in [0.2, 0.25) is 0 Å². The van der Waals surface area contributed by atoms with Crippen LogP contribution in [0.3, 0.4) is 0 Å². The van der Waals surface area contributed by atoms with Crippen LogP contribution in [0.15, 0.2) is 12.4 Å². The van der Waals surface area contributed by atoms with Gasteiger partial charge in [0.05, 0.1) is 0 Å². The van der Waals surface area contributed by atoms with E-state index in [2.05, 4.69) is 27.0 Å². The molecule has 1 aromatic rings. The largest absolute Gasteiger partial charge is 0.370 e. The number of hydrogen-bond donors (Lipinski definition) is 3. The minimum Gasteiger partial charge on any atom is -0.370 e. The Bertz CT molecular complexity index is 294. The molecule has 5 nitrogen and oxygen atoms in total. The van der Waals surface area contributed by atoms with E-state index in [1.54, 1.807) is 6.07 Å². The quantitative estimate of drug-likeness (QED) is 0.365. The van der Waals surface area contributed by atoms with Crippen molar-refractivity contribution < 1.29 is 0 Å². The molecule has 90 valence electrons. The van der Waals surface area contributed by atoms with E-state index in [1.165, 1.54) is 24.9 Å². The average Bonchev–Trinajstić information content (AvgIpc) is 2.34. The second-order valence-corrected chi connectivity index (χ2v) is 4.40. The summed E-state index contributed by atoms with van der Waals surface area (Å²) >= 11 is 1.90. The highest BCUT2D eigenvalue weighted by atomic mass is 32.2. The highest BCUT2D eigenvalue weighted by Gasteiger charge is 1.96. The molecule has 0 spiro atoms. The molecule has 16 heavy (non-hydrogen) atoms. The molecule has 0 aliphatic rings. The zero-order chi connectivity index (χ0) is 11.6. The van der Waals surface area contributed by atoms with Crippen molar-refractivity contribution in [3.05, 3.63) is 12.4 Å². The Morgan fingerprint density at radius 3 is 2.81 bits per heavy atom. The van der Waals surface area contributed by atoms with Crippen LogP contribution in [-0.4, -0.2) is 28.5 Å². The van der Waals surface area contributed by atoms with Crippen molar-refractivity contribution >= 4 is 23.4 Å². The second-order valence-electron chi connectivity index (χ2n) is 3.41. The molecule has 0 aromatic carbocycles. The van der Waals surface area contributed by atoms with Crippen LogP contribution in [0.25, 0.3) is 0 Å². The van der Waals surface area contributed by atoms with E-state index >= 15 is 0 Å². The van der Waals surface area contributed by atoms with Gasteiger partial charge in [-0.05, 0) is 24.9 Å². The van der Waals surface area contributed by atoms with Gasteiger partial charge >= 0.3 is 0 Å². The van der Waals surface area contributed by atoms with E-state index < -0.39 is 0 Å². The van der Waals surface area contributed by atoms with Crippen LogP contribution >= 0.6 is 11.8 Å². The number of anilines is 2. The predicted octanol–water partition coefficient (Wildman–Crippen LogP) is 1.71. The Balaban J connectivity index is 2.16. The van der Waals surface area contributed by atoms with E-state index in [1.807, 2.05) is 11.8 Å². The summed E-state index contributed by atoms with van der Waals surface area (Å²) in [5.74, 6) is 7.94. The topological polar surface area (TPSA) is 75.9 Å². The third-order valence-corrected chi connectivity index (χ3v) is 2.84. The SMILES string of the molecule is CSCCCCCNc1cc(NN)ncn1. The van der Waals surface area contributed by atoms with Crippen LogP contribution in [-0.2, 0) is 0 Å². The lowest BCUT2D eigenvalue weighted by Gasteiger charge is -2.06. The van der Waals surface area contributed by atoms with Crippen molar-refractivity contribution in [1.82, 2.24) is 9.97 Å². The van der Waals surface area contributed by atoms with Gasteiger partial charge in [-0.1, -0.05) is 6.42 Å². The monoisotopic (exact) mass is 241 g/mol. The van der Waals surface area contributed by atoms with Crippen LogP contribution < -0.4 is 16.6 Å². The third kappa shape index (κ3) is 5.18. The number of rotatable bonds is 8. The van der Waals surface area contributed by atoms with Gasteiger partial charge in [-0.3, -0.25) is 0 Å². The Labute approximate surface area is 101 Å². The molecular weight excluding hydrogens is 222 g/mol. The highest BCUT2D eigenvalue weighted by Crippen LogP contribution is 2.08. The molecule has 0 aliphatic heterocycles. The van der Waals surface area contributed by atoms with Crippen LogP contribution in [0.4, 0.5) is 11.6 Å². The fraction of sp³-hybridized carbons (Fsp3) is 0.600. The van der Waals surface area contributed by atoms with Crippen molar-refractivity contribution in [1.29, 1.82) is 0 Å². The molecule has 6 heteroatoms. The van der Waals surface area contributed by atoms with Gasteiger partial charge in [0, 0.05) is 12.6 Å². The van der Waals surface area contributed by atoms with Crippen molar-refractivity contribution in [2.45, 2.75) is 19.3 Å². The summed E-state index contributed by atoms with van der Waals surface area (Å²) in [6.07, 6.45) is 7.32. The lowest BCUT2D eigenvalue weighted by atomic mass is 10.2. The first-order chi connectivity index (χ1) is 7.86. The summed E-state index contributed by atoms with van der Waals surface area (Å²) in [6.45, 7) is 0.940. The summed E-state index contributed by atoms with van der Waals surface area (Å²) in [5, 5.41) is 3.24. The Kier molecular flexibility index (Phi) is 6.67. The van der Waals surface area contributed by atoms with Crippen molar-refractivity contribution in [2.24, 2.45) is 5.84 Å². The van der Waals surface area contributed by atoms with Crippen LogP contribution in [0, 0.1) is 0 Å². The van der Waals surface area contributed by atoms with E-state index in [-0.39, 0.29) is 0 Å². The molecule has 1 heterocycles. The maximum Gasteiger partial charge on any atom is 0.145 e. The maximum absolute atomic E-state index is 5.26. The molecule has 0 bridgehead atoms. The summed E-state index contributed by atoms with van der Waals surface area (Å²) in [5.41, 5.74) is 2.49. The van der Waals surface area contributed by atoms with Gasteiger partial charge in [0.15, 0.2) is 0 Å². The molecule has 0 unspecified atom stereocenters.